The number of nitrogens with one attached hydrogen (secondary N) is 1. The number of hydrogen-bond donors (Lipinski definition) is 3. The lowest BCUT2D eigenvalue weighted by molar-refractivity contribution is 0.242. The highest BCUT2D eigenvalue weighted by atomic mass is 35.5. The molecule has 4 heteroatoms. The molecule has 0 aromatic heterocycles. The van der Waals surface area contributed by atoms with Crippen LogP contribution in [0.15, 0.2) is 18.2 Å². The molecule has 0 aliphatic rings. The van der Waals surface area contributed by atoms with Crippen LogP contribution in [-0.4, -0.2) is 22.9 Å². The summed E-state index contributed by atoms with van der Waals surface area (Å²) >= 11 is 5.84. The number of halogens is 1. The summed E-state index contributed by atoms with van der Waals surface area (Å²) in [4.78, 5) is 0. The predicted octanol–water partition coefficient (Wildman–Crippen LogP) is 2.08. The fourth-order valence-electron chi connectivity index (χ4n) is 1.44. The molecule has 0 radical (unpaired) electrons. The van der Waals surface area contributed by atoms with Gasteiger partial charge in [-0.3, -0.25) is 0 Å². The van der Waals surface area contributed by atoms with Crippen molar-refractivity contribution in [3.63, 3.8) is 0 Å². The molecule has 15 heavy (non-hydrogen) atoms. The lowest BCUT2D eigenvalue weighted by atomic mass is 10.1. The Hall–Kier alpha value is -0.770. The van der Waals surface area contributed by atoms with E-state index in [9.17, 15) is 5.11 Å². The van der Waals surface area contributed by atoms with Crippen LogP contribution in [0.5, 0.6) is 5.75 Å². The van der Waals surface area contributed by atoms with Crippen LogP contribution in [-0.2, 0) is 0 Å². The van der Waals surface area contributed by atoms with Gasteiger partial charge in [0.25, 0.3) is 0 Å². The number of phenols is 1. The standard InChI is InChI=1S/C11H16ClNO2/c1-7(6-14)13-8(2)10-5-9(12)3-4-11(10)15/h3-5,7-8,13-15H,6H2,1-2H3/t7-,8?/m1/s1. The van der Waals surface area contributed by atoms with Gasteiger partial charge in [-0.2, -0.15) is 0 Å². The molecule has 0 heterocycles. The second kappa shape index (κ2) is 5.35. The van der Waals surface area contributed by atoms with E-state index < -0.39 is 0 Å². The van der Waals surface area contributed by atoms with E-state index in [1.165, 1.54) is 0 Å². The van der Waals surface area contributed by atoms with E-state index in [4.69, 9.17) is 16.7 Å². The summed E-state index contributed by atoms with van der Waals surface area (Å²) in [6.45, 7) is 3.85. The first-order valence-corrected chi connectivity index (χ1v) is 5.27. The van der Waals surface area contributed by atoms with Gasteiger partial charge in [-0.15, -0.1) is 0 Å². The highest BCUT2D eigenvalue weighted by molar-refractivity contribution is 6.30. The van der Waals surface area contributed by atoms with E-state index in [2.05, 4.69) is 5.32 Å². The molecule has 0 amide bonds. The Morgan fingerprint density at radius 3 is 2.67 bits per heavy atom. The van der Waals surface area contributed by atoms with Gasteiger partial charge >= 0.3 is 0 Å². The molecule has 1 unspecified atom stereocenters. The molecule has 1 aromatic rings. The minimum atomic E-state index is -0.0501. The largest absolute Gasteiger partial charge is 0.508 e. The lowest BCUT2D eigenvalue weighted by Gasteiger charge is -2.19. The molecule has 84 valence electrons. The van der Waals surface area contributed by atoms with Gasteiger partial charge in [0.1, 0.15) is 5.75 Å². The summed E-state index contributed by atoms with van der Waals surface area (Å²) in [5, 5.41) is 22.3. The van der Waals surface area contributed by atoms with Crippen molar-refractivity contribution in [1.29, 1.82) is 0 Å². The van der Waals surface area contributed by atoms with Crippen LogP contribution < -0.4 is 5.32 Å². The van der Waals surface area contributed by atoms with Gasteiger partial charge in [0.15, 0.2) is 0 Å². The van der Waals surface area contributed by atoms with Gasteiger partial charge in [-0.1, -0.05) is 11.6 Å². The summed E-state index contributed by atoms with van der Waals surface area (Å²) in [6, 6.07) is 4.87. The Kier molecular flexibility index (Phi) is 4.39. The van der Waals surface area contributed by atoms with E-state index in [1.807, 2.05) is 13.8 Å². The number of rotatable bonds is 4. The first-order chi connectivity index (χ1) is 7.04. The third kappa shape index (κ3) is 3.38. The Morgan fingerprint density at radius 2 is 2.07 bits per heavy atom. The van der Waals surface area contributed by atoms with Crippen LogP contribution in [0.25, 0.3) is 0 Å². The van der Waals surface area contributed by atoms with Crippen LogP contribution in [0.1, 0.15) is 25.5 Å². The third-order valence-corrected chi connectivity index (χ3v) is 2.50. The maximum atomic E-state index is 9.63. The minimum absolute atomic E-state index is 0.0154. The minimum Gasteiger partial charge on any atom is -0.508 e. The SMILES string of the molecule is CC(N[C@H](C)CO)c1cc(Cl)ccc1O. The van der Waals surface area contributed by atoms with E-state index in [1.54, 1.807) is 18.2 Å². The maximum Gasteiger partial charge on any atom is 0.120 e. The second-order valence-electron chi connectivity index (χ2n) is 3.68. The maximum absolute atomic E-state index is 9.63. The van der Waals surface area contributed by atoms with Crippen molar-refractivity contribution in [1.82, 2.24) is 5.32 Å². The Morgan fingerprint density at radius 1 is 1.40 bits per heavy atom. The molecule has 0 fully saturated rings. The first kappa shape index (κ1) is 12.3. The quantitative estimate of drug-likeness (QED) is 0.741. The van der Waals surface area contributed by atoms with E-state index in [-0.39, 0.29) is 24.4 Å². The molecule has 3 nitrogen and oxygen atoms in total. The zero-order chi connectivity index (χ0) is 11.4. The zero-order valence-electron chi connectivity index (χ0n) is 8.87. The molecular formula is C11H16ClNO2. The first-order valence-electron chi connectivity index (χ1n) is 4.90. The normalized spacial score (nSPS) is 14.9. The average molecular weight is 230 g/mol. The molecule has 0 saturated heterocycles. The van der Waals surface area contributed by atoms with Crippen molar-refractivity contribution in [2.24, 2.45) is 0 Å². The molecule has 0 aliphatic heterocycles. The fourth-order valence-corrected chi connectivity index (χ4v) is 1.62. The smallest absolute Gasteiger partial charge is 0.120 e. The van der Waals surface area contributed by atoms with Gasteiger partial charge in [-0.25, -0.2) is 0 Å². The number of aliphatic hydroxyl groups excluding tert-OH is 1. The summed E-state index contributed by atoms with van der Waals surface area (Å²) in [5.41, 5.74) is 0.739. The van der Waals surface area contributed by atoms with Crippen molar-refractivity contribution in [2.75, 3.05) is 6.61 Å². The van der Waals surface area contributed by atoms with Crippen LogP contribution in [0.4, 0.5) is 0 Å². The number of phenolic OH excluding ortho intramolecular Hbond substituents is 1. The van der Waals surface area contributed by atoms with Crippen molar-refractivity contribution in [3.05, 3.63) is 28.8 Å². The van der Waals surface area contributed by atoms with Crippen LogP contribution in [0, 0.1) is 0 Å². The van der Waals surface area contributed by atoms with Gasteiger partial charge < -0.3 is 15.5 Å². The van der Waals surface area contributed by atoms with Crippen molar-refractivity contribution < 1.29 is 10.2 Å². The summed E-state index contributed by atoms with van der Waals surface area (Å²) in [7, 11) is 0. The predicted molar refractivity (Wildman–Crippen MR) is 61.2 cm³/mol. The number of hydrogen-bond acceptors (Lipinski definition) is 3. The summed E-state index contributed by atoms with van der Waals surface area (Å²) < 4.78 is 0. The van der Waals surface area contributed by atoms with E-state index >= 15 is 0 Å². The monoisotopic (exact) mass is 229 g/mol. The highest BCUT2D eigenvalue weighted by Crippen LogP contribution is 2.27. The summed E-state index contributed by atoms with van der Waals surface area (Å²) in [5.74, 6) is 0.213. The van der Waals surface area contributed by atoms with Crippen molar-refractivity contribution in [3.8, 4) is 5.75 Å². The Balaban J connectivity index is 2.80. The molecule has 0 spiro atoms. The van der Waals surface area contributed by atoms with Gasteiger partial charge in [0.05, 0.1) is 6.61 Å². The van der Waals surface area contributed by atoms with E-state index in [0.29, 0.717) is 5.02 Å². The average Bonchev–Trinajstić information content (AvgIpc) is 2.21. The molecule has 1 aromatic carbocycles. The zero-order valence-corrected chi connectivity index (χ0v) is 9.62. The van der Waals surface area contributed by atoms with Crippen LogP contribution in [0.2, 0.25) is 5.02 Å². The van der Waals surface area contributed by atoms with Crippen LogP contribution >= 0.6 is 11.6 Å². The Labute approximate surface area is 94.7 Å². The highest BCUT2D eigenvalue weighted by Gasteiger charge is 2.12. The molecule has 0 bridgehead atoms. The van der Waals surface area contributed by atoms with Crippen molar-refractivity contribution >= 4 is 11.6 Å². The molecule has 0 saturated carbocycles. The van der Waals surface area contributed by atoms with Gasteiger partial charge in [0.2, 0.25) is 0 Å². The molecule has 3 N–H and O–H groups in total. The fraction of sp³-hybridized carbons (Fsp3) is 0.455. The lowest BCUT2D eigenvalue weighted by Crippen LogP contribution is -2.31. The summed E-state index contributed by atoms with van der Waals surface area (Å²) in [6.07, 6.45) is 0. The molecule has 2 atom stereocenters. The number of aliphatic hydroxyl groups is 1. The number of benzene rings is 1. The Bertz CT molecular complexity index is 330. The number of aromatic hydroxyl groups is 1. The van der Waals surface area contributed by atoms with Gasteiger partial charge in [-0.05, 0) is 32.0 Å². The molecule has 0 aliphatic carbocycles. The van der Waals surface area contributed by atoms with E-state index in [0.717, 1.165) is 5.56 Å². The third-order valence-electron chi connectivity index (χ3n) is 2.26. The topological polar surface area (TPSA) is 52.5 Å². The van der Waals surface area contributed by atoms with Crippen molar-refractivity contribution in [2.45, 2.75) is 25.9 Å². The van der Waals surface area contributed by atoms with Gasteiger partial charge in [0, 0.05) is 22.7 Å². The molecular weight excluding hydrogens is 214 g/mol. The second-order valence-corrected chi connectivity index (χ2v) is 4.11. The molecule has 1 rings (SSSR count). The van der Waals surface area contributed by atoms with Crippen LogP contribution in [0.3, 0.4) is 0 Å².